The Morgan fingerprint density at radius 3 is 1.38 bits per heavy atom. The third-order valence-electron chi connectivity index (χ3n) is 3.54. The first kappa shape index (κ1) is 24.8. The zero-order valence-electron chi connectivity index (χ0n) is 14.8. The summed E-state index contributed by atoms with van der Waals surface area (Å²) in [5, 5.41) is 1.38. The zero-order chi connectivity index (χ0) is 23.2. The largest absolute Gasteiger partial charge is 0.420 e. The molecule has 0 spiro atoms. The van der Waals surface area contributed by atoms with Gasteiger partial charge in [-0.05, 0) is 11.8 Å². The SMILES string of the molecule is CC(C)(C)CC(NC(=O)Nc1c(F)c(F)c(F)c(F)c1F)(C(F)(F)F)C(F)(F)F. The van der Waals surface area contributed by atoms with Crippen LogP contribution in [-0.4, -0.2) is 23.9 Å². The Morgan fingerprint density at radius 1 is 0.724 bits per heavy atom. The number of amides is 2. The molecule has 0 saturated carbocycles. The molecule has 0 unspecified atom stereocenters. The summed E-state index contributed by atoms with van der Waals surface area (Å²) in [5.74, 6) is -13.1. The lowest BCUT2D eigenvalue weighted by Crippen LogP contribution is -2.69. The van der Waals surface area contributed by atoms with E-state index in [1.165, 1.54) is 0 Å². The van der Waals surface area contributed by atoms with Gasteiger partial charge in [0.25, 0.3) is 0 Å². The quantitative estimate of drug-likeness (QED) is 0.344. The number of carbonyl (C=O) groups excluding carboxylic acids is 1. The van der Waals surface area contributed by atoms with Gasteiger partial charge in [-0.2, -0.15) is 26.3 Å². The van der Waals surface area contributed by atoms with Gasteiger partial charge in [0.05, 0.1) is 0 Å². The maximum atomic E-state index is 13.5. The van der Waals surface area contributed by atoms with Crippen LogP contribution >= 0.6 is 0 Å². The number of anilines is 1. The van der Waals surface area contributed by atoms with Gasteiger partial charge in [-0.25, -0.2) is 26.7 Å². The Morgan fingerprint density at radius 2 is 1.07 bits per heavy atom. The minimum atomic E-state index is -6.13. The molecule has 1 aromatic rings. The summed E-state index contributed by atoms with van der Waals surface area (Å²) in [4.78, 5) is 11.7. The van der Waals surface area contributed by atoms with Crippen LogP contribution < -0.4 is 10.6 Å². The van der Waals surface area contributed by atoms with Crippen molar-refractivity contribution in [1.29, 1.82) is 0 Å². The van der Waals surface area contributed by atoms with E-state index in [2.05, 4.69) is 0 Å². The highest BCUT2D eigenvalue weighted by atomic mass is 19.4. The smallest absolute Gasteiger partial charge is 0.316 e. The Labute approximate surface area is 156 Å². The fraction of sp³-hybridized carbons (Fsp3) is 0.533. The lowest BCUT2D eigenvalue weighted by Gasteiger charge is -2.41. The fourth-order valence-corrected chi connectivity index (χ4v) is 2.40. The molecule has 0 aliphatic heterocycles. The van der Waals surface area contributed by atoms with Crippen LogP contribution in [0.2, 0.25) is 0 Å². The molecule has 0 aliphatic carbocycles. The third-order valence-corrected chi connectivity index (χ3v) is 3.54. The van der Waals surface area contributed by atoms with Gasteiger partial charge in [0.1, 0.15) is 5.69 Å². The molecule has 2 N–H and O–H groups in total. The van der Waals surface area contributed by atoms with E-state index in [-0.39, 0.29) is 0 Å². The highest BCUT2D eigenvalue weighted by Crippen LogP contribution is 2.49. The van der Waals surface area contributed by atoms with E-state index >= 15 is 0 Å². The maximum Gasteiger partial charge on any atom is 0.420 e. The normalized spacial score (nSPS) is 13.4. The van der Waals surface area contributed by atoms with E-state index in [4.69, 9.17) is 0 Å². The zero-order valence-corrected chi connectivity index (χ0v) is 14.8. The number of nitrogens with one attached hydrogen (secondary N) is 2. The summed E-state index contributed by atoms with van der Waals surface area (Å²) < 4.78 is 146. The number of rotatable bonds is 3. The minimum Gasteiger partial charge on any atom is -0.316 e. The predicted molar refractivity (Wildman–Crippen MR) is 77.3 cm³/mol. The maximum absolute atomic E-state index is 13.5. The highest BCUT2D eigenvalue weighted by molar-refractivity contribution is 5.90. The molecule has 1 aromatic carbocycles. The average molecular weight is 446 g/mol. The second kappa shape index (κ2) is 7.52. The summed E-state index contributed by atoms with van der Waals surface area (Å²) >= 11 is 0. The molecule has 0 saturated heterocycles. The average Bonchev–Trinajstić information content (AvgIpc) is 2.51. The summed E-state index contributed by atoms with van der Waals surface area (Å²) in [5.41, 5.74) is -8.68. The molecule has 0 bridgehead atoms. The summed E-state index contributed by atoms with van der Waals surface area (Å²) in [7, 11) is 0. The van der Waals surface area contributed by atoms with Crippen LogP contribution in [0.4, 0.5) is 58.8 Å². The Hall–Kier alpha value is -2.28. The van der Waals surface area contributed by atoms with E-state index in [1.54, 1.807) is 0 Å². The van der Waals surface area contributed by atoms with Gasteiger partial charge in [0, 0.05) is 0 Å². The van der Waals surface area contributed by atoms with Crippen LogP contribution in [0.15, 0.2) is 0 Å². The van der Waals surface area contributed by atoms with Crippen molar-refractivity contribution >= 4 is 11.7 Å². The first-order chi connectivity index (χ1) is 12.7. The van der Waals surface area contributed by atoms with Crippen molar-refractivity contribution in [3.63, 3.8) is 0 Å². The van der Waals surface area contributed by atoms with E-state index in [0.717, 1.165) is 26.1 Å². The van der Waals surface area contributed by atoms with E-state index in [1.807, 2.05) is 0 Å². The van der Waals surface area contributed by atoms with Gasteiger partial charge >= 0.3 is 18.4 Å². The first-order valence-electron chi connectivity index (χ1n) is 7.49. The highest BCUT2D eigenvalue weighted by Gasteiger charge is 2.72. The van der Waals surface area contributed by atoms with E-state index in [0.29, 0.717) is 5.32 Å². The van der Waals surface area contributed by atoms with Crippen LogP contribution in [0.5, 0.6) is 0 Å². The molecule has 0 heterocycles. The lowest BCUT2D eigenvalue weighted by atomic mass is 9.78. The predicted octanol–water partition coefficient (Wildman–Crippen LogP) is 5.80. The number of urea groups is 1. The summed E-state index contributed by atoms with van der Waals surface area (Å²) in [6.45, 7) is 2.97. The monoisotopic (exact) mass is 446 g/mol. The van der Waals surface area contributed by atoms with Crippen molar-refractivity contribution in [2.75, 3.05) is 5.32 Å². The summed E-state index contributed by atoms with van der Waals surface area (Å²) in [6, 6.07) is -2.49. The van der Waals surface area contributed by atoms with E-state index < -0.39 is 70.5 Å². The molecular formula is C15H13F11N2O. The fourth-order valence-electron chi connectivity index (χ4n) is 2.40. The number of hydrogen-bond acceptors (Lipinski definition) is 1. The molecule has 29 heavy (non-hydrogen) atoms. The molecular weight excluding hydrogens is 433 g/mol. The Bertz CT molecular complexity index is 750. The molecule has 3 nitrogen and oxygen atoms in total. The van der Waals surface area contributed by atoms with Gasteiger partial charge in [-0.15, -0.1) is 0 Å². The van der Waals surface area contributed by atoms with Gasteiger partial charge in [0.15, 0.2) is 23.3 Å². The topological polar surface area (TPSA) is 41.1 Å². The van der Waals surface area contributed by atoms with Crippen molar-refractivity contribution in [2.45, 2.75) is 45.1 Å². The molecule has 0 aliphatic rings. The van der Waals surface area contributed by atoms with Crippen LogP contribution in [0.1, 0.15) is 27.2 Å². The molecule has 0 radical (unpaired) electrons. The lowest BCUT2D eigenvalue weighted by molar-refractivity contribution is -0.310. The van der Waals surface area contributed by atoms with Gasteiger partial charge in [-0.3, -0.25) is 0 Å². The third kappa shape index (κ3) is 4.83. The molecule has 166 valence electrons. The first-order valence-corrected chi connectivity index (χ1v) is 7.49. The number of hydrogen-bond donors (Lipinski definition) is 2. The molecule has 0 fully saturated rings. The van der Waals surface area contributed by atoms with Crippen molar-refractivity contribution in [1.82, 2.24) is 5.32 Å². The van der Waals surface area contributed by atoms with Crippen LogP contribution in [0, 0.1) is 34.5 Å². The summed E-state index contributed by atoms with van der Waals surface area (Å²) in [6.07, 6.45) is -14.0. The van der Waals surface area contributed by atoms with Crippen LogP contribution in [-0.2, 0) is 0 Å². The van der Waals surface area contributed by atoms with Crippen molar-refractivity contribution in [3.05, 3.63) is 29.1 Å². The van der Waals surface area contributed by atoms with Crippen LogP contribution in [0.25, 0.3) is 0 Å². The van der Waals surface area contributed by atoms with Crippen molar-refractivity contribution in [2.24, 2.45) is 5.41 Å². The standard InChI is InChI=1S/C15H13F11N2O/c1-12(2,3)4-13(14(21,22)23,15(24,25)26)28-11(29)27-10-8(19)6(17)5(16)7(18)9(10)20/h4H2,1-3H3,(H2,27,28,29). The Balaban J connectivity index is 3.45. The molecule has 1 rings (SSSR count). The van der Waals surface area contributed by atoms with Crippen molar-refractivity contribution < 1.29 is 53.1 Å². The molecule has 0 atom stereocenters. The second-order valence-electron chi connectivity index (χ2n) is 7.16. The number of carbonyl (C=O) groups is 1. The van der Waals surface area contributed by atoms with E-state index in [9.17, 15) is 53.1 Å². The molecule has 2 amide bonds. The van der Waals surface area contributed by atoms with Crippen molar-refractivity contribution in [3.8, 4) is 0 Å². The number of halogens is 11. The van der Waals surface area contributed by atoms with Crippen LogP contribution in [0.3, 0.4) is 0 Å². The molecule has 14 heteroatoms. The Kier molecular flexibility index (Phi) is 6.42. The van der Waals surface area contributed by atoms with Gasteiger partial charge in [0.2, 0.25) is 11.4 Å². The van der Waals surface area contributed by atoms with Gasteiger partial charge < -0.3 is 10.6 Å². The number of benzene rings is 1. The number of alkyl halides is 6. The van der Waals surface area contributed by atoms with Gasteiger partial charge in [-0.1, -0.05) is 20.8 Å². The second-order valence-corrected chi connectivity index (χ2v) is 7.16. The minimum absolute atomic E-state index is 0.551. The molecule has 0 aromatic heterocycles.